The van der Waals surface area contributed by atoms with E-state index in [1.165, 1.54) is 6.92 Å². The lowest BCUT2D eigenvalue weighted by Crippen LogP contribution is -2.39. The van der Waals surface area contributed by atoms with Crippen molar-refractivity contribution >= 4 is 11.6 Å². The second kappa shape index (κ2) is 6.54. The minimum Gasteiger partial charge on any atom is -0.389 e. The van der Waals surface area contributed by atoms with E-state index in [4.69, 9.17) is 0 Å². The van der Waals surface area contributed by atoms with Crippen molar-refractivity contribution in [3.8, 4) is 0 Å². The number of nitrogens with zero attached hydrogens (tertiary/aromatic N) is 1. The first kappa shape index (κ1) is 17.6. The summed E-state index contributed by atoms with van der Waals surface area (Å²) in [6.45, 7) is 9.29. The van der Waals surface area contributed by atoms with Crippen molar-refractivity contribution in [3.05, 3.63) is 22.5 Å². The molecule has 5 heteroatoms. The number of ketones is 2. The summed E-state index contributed by atoms with van der Waals surface area (Å²) in [6.07, 6.45) is 0.634. The molecule has 0 unspecified atom stereocenters. The number of aryl methyl sites for hydroxylation is 1. The highest BCUT2D eigenvalue weighted by molar-refractivity contribution is 6.04. The maximum absolute atomic E-state index is 12.4. The van der Waals surface area contributed by atoms with Crippen molar-refractivity contribution in [2.24, 2.45) is 0 Å². The largest absolute Gasteiger partial charge is 0.389 e. The van der Waals surface area contributed by atoms with E-state index in [1.807, 2.05) is 13.8 Å². The minimum absolute atomic E-state index is 0.0236. The van der Waals surface area contributed by atoms with E-state index in [9.17, 15) is 14.7 Å². The van der Waals surface area contributed by atoms with Crippen molar-refractivity contribution in [2.45, 2.75) is 46.6 Å². The standard InChI is InChI=1S/C16H26N2O3/c1-7-12-14(11(3)19)10(2)17-15(12)13(20)8-18(6)9-16(4,5)21/h17,21H,7-9H2,1-6H3. The van der Waals surface area contributed by atoms with Gasteiger partial charge in [0.1, 0.15) is 0 Å². The first-order chi connectivity index (χ1) is 9.56. The lowest BCUT2D eigenvalue weighted by Gasteiger charge is -2.24. The van der Waals surface area contributed by atoms with Crippen LogP contribution in [0.15, 0.2) is 0 Å². The van der Waals surface area contributed by atoms with Gasteiger partial charge in [-0.3, -0.25) is 14.5 Å². The molecule has 1 aromatic rings. The molecule has 1 aromatic heterocycles. The first-order valence-electron chi connectivity index (χ1n) is 7.23. The Kier molecular flexibility index (Phi) is 5.48. The average Bonchev–Trinajstić information content (AvgIpc) is 2.63. The van der Waals surface area contributed by atoms with E-state index in [1.54, 1.807) is 25.8 Å². The fourth-order valence-electron chi connectivity index (χ4n) is 2.79. The number of aromatic amines is 1. The summed E-state index contributed by atoms with van der Waals surface area (Å²) < 4.78 is 0. The topological polar surface area (TPSA) is 73.4 Å². The molecule has 0 spiro atoms. The van der Waals surface area contributed by atoms with Crippen molar-refractivity contribution in [1.82, 2.24) is 9.88 Å². The Hall–Kier alpha value is -1.46. The Bertz CT molecular complexity index is 538. The van der Waals surface area contributed by atoms with Crippen LogP contribution in [0.2, 0.25) is 0 Å². The summed E-state index contributed by atoms with van der Waals surface area (Å²) in [7, 11) is 1.79. The Balaban J connectivity index is 2.98. The zero-order chi connectivity index (χ0) is 16.4. The molecule has 0 saturated carbocycles. The number of carbonyl (C=O) groups excluding carboxylic acids is 2. The molecule has 118 valence electrons. The van der Waals surface area contributed by atoms with E-state index in [0.29, 0.717) is 24.2 Å². The lowest BCUT2D eigenvalue weighted by molar-refractivity contribution is 0.0438. The third-order valence-electron chi connectivity index (χ3n) is 3.35. The van der Waals surface area contributed by atoms with Crippen LogP contribution < -0.4 is 0 Å². The SMILES string of the molecule is CCc1c(C(=O)CN(C)CC(C)(C)O)[nH]c(C)c1C(C)=O. The molecule has 1 heterocycles. The molecule has 2 N–H and O–H groups in total. The fourth-order valence-corrected chi connectivity index (χ4v) is 2.79. The van der Waals surface area contributed by atoms with Crippen LogP contribution in [0.25, 0.3) is 0 Å². The number of likely N-dealkylation sites (N-methyl/N-ethyl adjacent to an activating group) is 1. The van der Waals surface area contributed by atoms with Crippen LogP contribution in [-0.4, -0.2) is 52.3 Å². The maximum Gasteiger partial charge on any atom is 0.193 e. The Morgan fingerprint density at radius 3 is 2.33 bits per heavy atom. The summed E-state index contributed by atoms with van der Waals surface area (Å²) in [5, 5.41) is 9.79. The predicted molar refractivity (Wildman–Crippen MR) is 83.0 cm³/mol. The summed E-state index contributed by atoms with van der Waals surface area (Å²) in [5.74, 6) is -0.0845. The highest BCUT2D eigenvalue weighted by Gasteiger charge is 2.23. The molecule has 0 radical (unpaired) electrons. The van der Waals surface area contributed by atoms with Gasteiger partial charge in [-0.05, 0) is 46.7 Å². The Labute approximate surface area is 126 Å². The second-order valence-electron chi connectivity index (χ2n) is 6.30. The second-order valence-corrected chi connectivity index (χ2v) is 6.30. The molecule has 0 fully saturated rings. The summed E-state index contributed by atoms with van der Waals surface area (Å²) in [4.78, 5) is 29.0. The van der Waals surface area contributed by atoms with Gasteiger partial charge in [-0.1, -0.05) is 6.92 Å². The molecule has 0 saturated heterocycles. The molecule has 5 nitrogen and oxygen atoms in total. The minimum atomic E-state index is -0.848. The molecule has 1 rings (SSSR count). The van der Waals surface area contributed by atoms with E-state index in [-0.39, 0.29) is 18.1 Å². The summed E-state index contributed by atoms with van der Waals surface area (Å²) in [5.41, 5.74) is 1.84. The van der Waals surface area contributed by atoms with Gasteiger partial charge in [0, 0.05) is 17.8 Å². The highest BCUT2D eigenvalue weighted by atomic mass is 16.3. The van der Waals surface area contributed by atoms with E-state index in [2.05, 4.69) is 4.98 Å². The van der Waals surface area contributed by atoms with Gasteiger partial charge in [0.2, 0.25) is 0 Å². The Morgan fingerprint density at radius 2 is 1.90 bits per heavy atom. The average molecular weight is 294 g/mol. The number of aliphatic hydroxyl groups is 1. The van der Waals surface area contributed by atoms with Gasteiger partial charge < -0.3 is 10.1 Å². The zero-order valence-electron chi connectivity index (χ0n) is 13.8. The summed E-state index contributed by atoms with van der Waals surface area (Å²) >= 11 is 0. The molecule has 0 aliphatic rings. The van der Waals surface area contributed by atoms with Crippen LogP contribution in [0.4, 0.5) is 0 Å². The normalized spacial score (nSPS) is 12.0. The molecule has 0 aliphatic carbocycles. The van der Waals surface area contributed by atoms with Crippen LogP contribution in [0.3, 0.4) is 0 Å². The molecular formula is C16H26N2O3. The number of Topliss-reactive ketones (excluding diaryl/α,β-unsaturated/α-hetero) is 2. The molecule has 0 amide bonds. The number of H-pyrrole nitrogens is 1. The zero-order valence-corrected chi connectivity index (χ0v) is 13.8. The summed E-state index contributed by atoms with van der Waals surface area (Å²) in [6, 6.07) is 0. The number of hydrogen-bond acceptors (Lipinski definition) is 4. The van der Waals surface area contributed by atoms with Gasteiger partial charge in [-0.15, -0.1) is 0 Å². The van der Waals surface area contributed by atoms with Gasteiger partial charge in [0.25, 0.3) is 0 Å². The van der Waals surface area contributed by atoms with Crippen molar-refractivity contribution in [1.29, 1.82) is 0 Å². The van der Waals surface area contributed by atoms with Crippen LogP contribution in [-0.2, 0) is 6.42 Å². The third kappa shape index (κ3) is 4.51. The van der Waals surface area contributed by atoms with Crippen LogP contribution in [0, 0.1) is 6.92 Å². The van der Waals surface area contributed by atoms with E-state index in [0.717, 1.165) is 11.3 Å². The number of aromatic nitrogens is 1. The van der Waals surface area contributed by atoms with Gasteiger partial charge in [-0.25, -0.2) is 0 Å². The van der Waals surface area contributed by atoms with Crippen LogP contribution in [0.5, 0.6) is 0 Å². The van der Waals surface area contributed by atoms with Crippen LogP contribution >= 0.6 is 0 Å². The molecule has 0 aromatic carbocycles. The molecule has 0 atom stereocenters. The lowest BCUT2D eigenvalue weighted by atomic mass is 10.0. The highest BCUT2D eigenvalue weighted by Crippen LogP contribution is 2.21. The quantitative estimate of drug-likeness (QED) is 0.754. The number of nitrogens with one attached hydrogen (secondary N) is 1. The van der Waals surface area contributed by atoms with Crippen molar-refractivity contribution < 1.29 is 14.7 Å². The first-order valence-corrected chi connectivity index (χ1v) is 7.23. The molecule has 0 aliphatic heterocycles. The Morgan fingerprint density at radius 1 is 1.33 bits per heavy atom. The van der Waals surface area contributed by atoms with Gasteiger partial charge in [0.15, 0.2) is 11.6 Å². The van der Waals surface area contributed by atoms with E-state index >= 15 is 0 Å². The van der Waals surface area contributed by atoms with Gasteiger partial charge >= 0.3 is 0 Å². The molecule has 21 heavy (non-hydrogen) atoms. The number of rotatable bonds is 7. The van der Waals surface area contributed by atoms with E-state index < -0.39 is 5.60 Å². The molecular weight excluding hydrogens is 268 g/mol. The predicted octanol–water partition coefficient (Wildman–Crippen LogP) is 1.97. The fraction of sp³-hybridized carbons (Fsp3) is 0.625. The molecule has 0 bridgehead atoms. The van der Waals surface area contributed by atoms with Crippen molar-refractivity contribution in [3.63, 3.8) is 0 Å². The smallest absolute Gasteiger partial charge is 0.193 e. The van der Waals surface area contributed by atoms with Crippen molar-refractivity contribution in [2.75, 3.05) is 20.1 Å². The van der Waals surface area contributed by atoms with Gasteiger partial charge in [-0.2, -0.15) is 0 Å². The third-order valence-corrected chi connectivity index (χ3v) is 3.35. The van der Waals surface area contributed by atoms with Gasteiger partial charge in [0.05, 0.1) is 17.8 Å². The monoisotopic (exact) mass is 294 g/mol. The van der Waals surface area contributed by atoms with Crippen LogP contribution in [0.1, 0.15) is 59.8 Å². The number of hydrogen-bond donors (Lipinski definition) is 2. The number of carbonyl (C=O) groups is 2. The maximum atomic E-state index is 12.4.